The lowest BCUT2D eigenvalue weighted by molar-refractivity contribution is 0.0834. The zero-order valence-electron chi connectivity index (χ0n) is 11.7. The third-order valence-corrected chi connectivity index (χ3v) is 3.79. The van der Waals surface area contributed by atoms with Crippen molar-refractivity contribution >= 4 is 0 Å². The highest BCUT2D eigenvalue weighted by atomic mass is 15.3. The lowest BCUT2D eigenvalue weighted by Crippen LogP contribution is -2.54. The van der Waals surface area contributed by atoms with Crippen molar-refractivity contribution in [2.45, 2.75) is 39.8 Å². The quantitative estimate of drug-likeness (QED) is 0.763. The van der Waals surface area contributed by atoms with Crippen molar-refractivity contribution in [2.75, 3.05) is 39.8 Å². The van der Waals surface area contributed by atoms with Crippen molar-refractivity contribution in [3.8, 4) is 0 Å². The summed E-state index contributed by atoms with van der Waals surface area (Å²) in [7, 11) is 2.05. The van der Waals surface area contributed by atoms with Crippen LogP contribution in [-0.2, 0) is 0 Å². The van der Waals surface area contributed by atoms with Gasteiger partial charge in [-0.1, -0.05) is 13.8 Å². The molecule has 0 aliphatic carbocycles. The Hall–Kier alpha value is -0.120. The molecule has 0 spiro atoms. The third-order valence-electron chi connectivity index (χ3n) is 3.79. The first-order valence-corrected chi connectivity index (χ1v) is 6.68. The van der Waals surface area contributed by atoms with Gasteiger partial charge in [-0.15, -0.1) is 0 Å². The summed E-state index contributed by atoms with van der Waals surface area (Å²) in [6.07, 6.45) is 0. The van der Waals surface area contributed by atoms with Gasteiger partial charge in [0.1, 0.15) is 0 Å². The predicted octanol–water partition coefficient (Wildman–Crippen LogP) is 1.26. The van der Waals surface area contributed by atoms with E-state index in [2.05, 4.69) is 49.9 Å². The van der Waals surface area contributed by atoms with E-state index in [0.29, 0.717) is 12.1 Å². The first kappa shape index (κ1) is 13.9. The topological polar surface area (TPSA) is 18.5 Å². The summed E-state index contributed by atoms with van der Waals surface area (Å²) < 4.78 is 0. The Kier molecular flexibility index (Phi) is 5.73. The zero-order chi connectivity index (χ0) is 12.1. The molecule has 96 valence electrons. The molecule has 0 saturated carbocycles. The van der Waals surface area contributed by atoms with E-state index in [1.165, 1.54) is 32.7 Å². The Bertz CT molecular complexity index is 186. The van der Waals surface area contributed by atoms with Gasteiger partial charge in [-0.2, -0.15) is 0 Å². The summed E-state index contributed by atoms with van der Waals surface area (Å²) >= 11 is 0. The normalized spacial score (nSPS) is 23.6. The fourth-order valence-electron chi connectivity index (χ4n) is 2.43. The van der Waals surface area contributed by atoms with Gasteiger partial charge in [-0.05, 0) is 26.8 Å². The van der Waals surface area contributed by atoms with Crippen molar-refractivity contribution < 1.29 is 0 Å². The van der Waals surface area contributed by atoms with Crippen molar-refractivity contribution in [1.82, 2.24) is 15.1 Å². The number of piperazine rings is 1. The first-order chi connectivity index (χ1) is 7.54. The second-order valence-electron chi connectivity index (χ2n) is 5.55. The second-order valence-corrected chi connectivity index (χ2v) is 5.55. The van der Waals surface area contributed by atoms with Crippen LogP contribution < -0.4 is 5.32 Å². The Labute approximate surface area is 101 Å². The van der Waals surface area contributed by atoms with Gasteiger partial charge in [0.05, 0.1) is 0 Å². The predicted molar refractivity (Wildman–Crippen MR) is 70.8 cm³/mol. The Morgan fingerprint density at radius 1 is 1.00 bits per heavy atom. The van der Waals surface area contributed by atoms with Gasteiger partial charge in [0.2, 0.25) is 0 Å². The van der Waals surface area contributed by atoms with Crippen LogP contribution in [0.2, 0.25) is 0 Å². The Balaban J connectivity index is 2.31. The van der Waals surface area contributed by atoms with Crippen LogP contribution in [0, 0.1) is 5.92 Å². The number of nitrogens with one attached hydrogen (secondary N) is 1. The summed E-state index contributed by atoms with van der Waals surface area (Å²) in [6.45, 7) is 15.4. The van der Waals surface area contributed by atoms with Crippen LogP contribution >= 0.6 is 0 Å². The zero-order valence-corrected chi connectivity index (χ0v) is 11.7. The van der Waals surface area contributed by atoms with E-state index in [1.807, 2.05) is 0 Å². The fraction of sp³-hybridized carbons (Fsp3) is 1.00. The van der Waals surface area contributed by atoms with Crippen LogP contribution in [0.5, 0.6) is 0 Å². The summed E-state index contributed by atoms with van der Waals surface area (Å²) in [5, 5.41) is 3.35. The highest BCUT2D eigenvalue weighted by molar-refractivity contribution is 4.81. The van der Waals surface area contributed by atoms with Crippen LogP contribution in [0.1, 0.15) is 27.7 Å². The van der Waals surface area contributed by atoms with Crippen LogP contribution in [0.15, 0.2) is 0 Å². The van der Waals surface area contributed by atoms with E-state index in [-0.39, 0.29) is 0 Å². The molecule has 0 aromatic heterocycles. The summed E-state index contributed by atoms with van der Waals surface area (Å²) in [5.74, 6) is 0.792. The van der Waals surface area contributed by atoms with E-state index >= 15 is 0 Å². The minimum absolute atomic E-state index is 0.580. The number of hydrogen-bond acceptors (Lipinski definition) is 3. The lowest BCUT2D eigenvalue weighted by Gasteiger charge is -2.40. The SMILES string of the molecule is CNC(C)C(C)N1CCN(CC(C)C)CC1. The molecule has 1 fully saturated rings. The molecule has 0 amide bonds. The van der Waals surface area contributed by atoms with Gasteiger partial charge in [-0.3, -0.25) is 4.90 Å². The Morgan fingerprint density at radius 3 is 2.00 bits per heavy atom. The van der Waals surface area contributed by atoms with Gasteiger partial charge < -0.3 is 10.2 Å². The van der Waals surface area contributed by atoms with E-state index < -0.39 is 0 Å². The minimum Gasteiger partial charge on any atom is -0.316 e. The fourth-order valence-corrected chi connectivity index (χ4v) is 2.43. The largest absolute Gasteiger partial charge is 0.316 e. The number of nitrogens with zero attached hydrogens (tertiary/aromatic N) is 2. The number of hydrogen-bond donors (Lipinski definition) is 1. The van der Waals surface area contributed by atoms with Crippen LogP contribution in [-0.4, -0.2) is 61.7 Å². The number of likely N-dealkylation sites (N-methyl/N-ethyl adjacent to an activating group) is 1. The lowest BCUT2D eigenvalue weighted by atomic mass is 10.1. The minimum atomic E-state index is 0.580. The van der Waals surface area contributed by atoms with Gasteiger partial charge >= 0.3 is 0 Å². The van der Waals surface area contributed by atoms with Gasteiger partial charge in [0, 0.05) is 44.8 Å². The first-order valence-electron chi connectivity index (χ1n) is 6.68. The molecule has 1 aliphatic heterocycles. The van der Waals surface area contributed by atoms with E-state index in [4.69, 9.17) is 0 Å². The standard InChI is InChI=1S/C13H29N3/c1-11(2)10-15-6-8-16(9-7-15)13(4)12(3)14-5/h11-14H,6-10H2,1-5H3. The van der Waals surface area contributed by atoms with Crippen molar-refractivity contribution in [3.05, 3.63) is 0 Å². The van der Waals surface area contributed by atoms with Gasteiger partial charge in [-0.25, -0.2) is 0 Å². The number of rotatable bonds is 5. The molecular weight excluding hydrogens is 198 g/mol. The molecule has 1 N–H and O–H groups in total. The van der Waals surface area contributed by atoms with Crippen LogP contribution in [0.4, 0.5) is 0 Å². The maximum atomic E-state index is 3.35. The smallest absolute Gasteiger partial charge is 0.0219 e. The van der Waals surface area contributed by atoms with Crippen LogP contribution in [0.3, 0.4) is 0 Å². The molecule has 1 saturated heterocycles. The average molecular weight is 227 g/mol. The molecule has 0 bridgehead atoms. The van der Waals surface area contributed by atoms with Crippen LogP contribution in [0.25, 0.3) is 0 Å². The highest BCUT2D eigenvalue weighted by Gasteiger charge is 2.23. The molecule has 2 atom stereocenters. The van der Waals surface area contributed by atoms with E-state index in [0.717, 1.165) is 5.92 Å². The van der Waals surface area contributed by atoms with Gasteiger partial charge in [0.15, 0.2) is 0 Å². The monoisotopic (exact) mass is 227 g/mol. The molecule has 0 radical (unpaired) electrons. The molecule has 16 heavy (non-hydrogen) atoms. The second kappa shape index (κ2) is 6.58. The molecule has 3 nitrogen and oxygen atoms in total. The summed E-state index contributed by atoms with van der Waals surface area (Å²) in [4.78, 5) is 5.20. The third kappa shape index (κ3) is 4.04. The molecule has 3 heteroatoms. The maximum Gasteiger partial charge on any atom is 0.0219 e. The summed E-state index contributed by atoms with van der Waals surface area (Å²) in [6, 6.07) is 1.22. The molecule has 1 aliphatic rings. The van der Waals surface area contributed by atoms with Crippen molar-refractivity contribution in [2.24, 2.45) is 5.92 Å². The molecule has 1 rings (SSSR count). The highest BCUT2D eigenvalue weighted by Crippen LogP contribution is 2.10. The maximum absolute atomic E-state index is 3.35. The Morgan fingerprint density at radius 2 is 1.56 bits per heavy atom. The van der Waals surface area contributed by atoms with Crippen molar-refractivity contribution in [3.63, 3.8) is 0 Å². The van der Waals surface area contributed by atoms with E-state index in [1.54, 1.807) is 0 Å². The molecule has 1 heterocycles. The molecular formula is C13H29N3. The van der Waals surface area contributed by atoms with Gasteiger partial charge in [0.25, 0.3) is 0 Å². The molecule has 2 unspecified atom stereocenters. The van der Waals surface area contributed by atoms with Crippen molar-refractivity contribution in [1.29, 1.82) is 0 Å². The molecule has 0 aromatic carbocycles. The average Bonchev–Trinajstić information content (AvgIpc) is 2.27. The summed E-state index contributed by atoms with van der Waals surface area (Å²) in [5.41, 5.74) is 0. The van der Waals surface area contributed by atoms with E-state index in [9.17, 15) is 0 Å². The molecule has 0 aromatic rings.